The molecule has 0 atom stereocenters. The van der Waals surface area contributed by atoms with Gasteiger partial charge in [-0.3, -0.25) is 0 Å². The molecular formula is C28H25NS2. The average Bonchev–Trinajstić information content (AvgIpc) is 2.78. The normalized spacial score (nSPS) is 12.7. The molecule has 4 aromatic rings. The van der Waals surface area contributed by atoms with Crippen LogP contribution in [0.1, 0.15) is 26.3 Å². The third-order valence-electron chi connectivity index (χ3n) is 5.48. The molecule has 4 aromatic carbocycles. The fraction of sp³-hybridized carbons (Fsp3) is 0.143. The van der Waals surface area contributed by atoms with Crippen LogP contribution in [-0.2, 0) is 5.41 Å². The summed E-state index contributed by atoms with van der Waals surface area (Å²) in [7, 11) is 0. The van der Waals surface area contributed by atoms with E-state index in [1.807, 2.05) is 23.5 Å². The molecule has 0 spiro atoms. The summed E-state index contributed by atoms with van der Waals surface area (Å²) in [6.45, 7) is 6.79. The zero-order chi connectivity index (χ0) is 21.4. The smallest absolute Gasteiger partial charge is 0.0464 e. The molecule has 1 aliphatic rings. The highest BCUT2D eigenvalue weighted by atomic mass is 32.2. The highest BCUT2D eigenvalue weighted by Gasteiger charge is 2.19. The molecule has 0 amide bonds. The number of rotatable bonds is 3. The molecule has 0 fully saturated rings. The van der Waals surface area contributed by atoms with E-state index in [0.29, 0.717) is 0 Å². The summed E-state index contributed by atoms with van der Waals surface area (Å²) in [5.74, 6) is 0. The second-order valence-electron chi connectivity index (χ2n) is 8.81. The van der Waals surface area contributed by atoms with Gasteiger partial charge in [0.1, 0.15) is 0 Å². The zero-order valence-electron chi connectivity index (χ0n) is 18.0. The van der Waals surface area contributed by atoms with E-state index in [9.17, 15) is 0 Å². The van der Waals surface area contributed by atoms with Crippen LogP contribution in [0.2, 0.25) is 0 Å². The third kappa shape index (κ3) is 4.26. The van der Waals surface area contributed by atoms with E-state index in [4.69, 9.17) is 0 Å². The predicted octanol–water partition coefficient (Wildman–Crippen LogP) is 9.01. The molecule has 0 aliphatic carbocycles. The van der Waals surface area contributed by atoms with Crippen LogP contribution in [0, 0.1) is 0 Å². The Bertz CT molecular complexity index is 1240. The minimum atomic E-state index is 0.106. The molecule has 1 nitrogen and oxygen atoms in total. The van der Waals surface area contributed by atoms with Crippen LogP contribution in [-0.4, -0.2) is 0 Å². The van der Waals surface area contributed by atoms with Crippen LogP contribution in [0.5, 0.6) is 0 Å². The largest absolute Gasteiger partial charge is 0.355 e. The van der Waals surface area contributed by atoms with Gasteiger partial charge in [0.15, 0.2) is 0 Å². The third-order valence-corrected chi connectivity index (χ3v) is 8.03. The number of benzene rings is 4. The summed E-state index contributed by atoms with van der Waals surface area (Å²) in [5, 5.41) is 3.70. The van der Waals surface area contributed by atoms with E-state index in [1.165, 1.54) is 36.3 Å². The molecular weight excluding hydrogens is 414 g/mol. The lowest BCUT2D eigenvalue weighted by molar-refractivity contribution is 0.590. The summed E-state index contributed by atoms with van der Waals surface area (Å²) in [5.41, 5.74) is 6.16. The lowest BCUT2D eigenvalue weighted by atomic mass is 9.85. The highest BCUT2D eigenvalue weighted by Crippen LogP contribution is 2.49. The van der Waals surface area contributed by atoms with Crippen LogP contribution >= 0.6 is 23.5 Å². The van der Waals surface area contributed by atoms with Crippen LogP contribution in [0.25, 0.3) is 11.1 Å². The molecule has 1 aliphatic heterocycles. The van der Waals surface area contributed by atoms with Crippen molar-refractivity contribution in [1.29, 1.82) is 0 Å². The van der Waals surface area contributed by atoms with Crippen molar-refractivity contribution in [2.45, 2.75) is 45.8 Å². The quantitative estimate of drug-likeness (QED) is 0.301. The standard InChI is InChI=1S/C28H25NS2/c1-28(2,3)20-13-15-23(22(17-20)19-9-5-4-6-10-19)29-21-14-16-26-27(18-21)31-25-12-8-7-11-24(25)30-26/h4-18,29H,1-3H3. The van der Waals surface area contributed by atoms with Gasteiger partial charge in [-0.25, -0.2) is 0 Å². The molecule has 0 saturated carbocycles. The van der Waals surface area contributed by atoms with Crippen molar-refractivity contribution in [2.75, 3.05) is 5.32 Å². The molecule has 0 saturated heterocycles. The van der Waals surface area contributed by atoms with Crippen molar-refractivity contribution < 1.29 is 0 Å². The Hall–Kier alpha value is -2.62. The van der Waals surface area contributed by atoms with Crippen LogP contribution in [0.3, 0.4) is 0 Å². The fourth-order valence-corrected chi connectivity index (χ4v) is 5.99. The number of nitrogens with one attached hydrogen (secondary N) is 1. The monoisotopic (exact) mass is 439 g/mol. The van der Waals surface area contributed by atoms with Crippen molar-refractivity contribution in [3.05, 3.63) is 96.6 Å². The van der Waals surface area contributed by atoms with Crippen molar-refractivity contribution in [2.24, 2.45) is 0 Å². The van der Waals surface area contributed by atoms with E-state index in [1.54, 1.807) is 0 Å². The lowest BCUT2D eigenvalue weighted by Crippen LogP contribution is -2.11. The van der Waals surface area contributed by atoms with Crippen LogP contribution in [0.15, 0.2) is 111 Å². The van der Waals surface area contributed by atoms with Gasteiger partial charge < -0.3 is 5.32 Å². The van der Waals surface area contributed by atoms with Gasteiger partial charge in [-0.1, -0.05) is 92.8 Å². The Kier molecular flexibility index (Phi) is 5.33. The van der Waals surface area contributed by atoms with Gasteiger partial charge in [0, 0.05) is 36.5 Å². The summed E-state index contributed by atoms with van der Waals surface area (Å²) >= 11 is 3.71. The van der Waals surface area contributed by atoms with E-state index in [0.717, 1.165) is 11.4 Å². The molecule has 3 heteroatoms. The molecule has 0 aromatic heterocycles. The maximum absolute atomic E-state index is 3.70. The Labute approximate surface area is 193 Å². The molecule has 154 valence electrons. The van der Waals surface area contributed by atoms with E-state index < -0.39 is 0 Å². The van der Waals surface area contributed by atoms with Crippen molar-refractivity contribution >= 4 is 34.9 Å². The first kappa shape index (κ1) is 20.3. The molecule has 5 rings (SSSR count). The Morgan fingerprint density at radius 2 is 1.26 bits per heavy atom. The summed E-state index contributed by atoms with van der Waals surface area (Å²) in [6.07, 6.45) is 0. The van der Waals surface area contributed by atoms with Gasteiger partial charge in [0.2, 0.25) is 0 Å². The summed E-state index contributed by atoms with van der Waals surface area (Å²) < 4.78 is 0. The van der Waals surface area contributed by atoms with Gasteiger partial charge >= 0.3 is 0 Å². The van der Waals surface area contributed by atoms with E-state index >= 15 is 0 Å². The van der Waals surface area contributed by atoms with Gasteiger partial charge in [-0.2, -0.15) is 0 Å². The molecule has 0 unspecified atom stereocenters. The van der Waals surface area contributed by atoms with Crippen molar-refractivity contribution in [1.82, 2.24) is 0 Å². The van der Waals surface area contributed by atoms with Crippen LogP contribution in [0.4, 0.5) is 11.4 Å². The van der Waals surface area contributed by atoms with Gasteiger partial charge in [0.25, 0.3) is 0 Å². The van der Waals surface area contributed by atoms with Crippen molar-refractivity contribution in [3.8, 4) is 11.1 Å². The summed E-state index contributed by atoms with van der Waals surface area (Å²) in [4.78, 5) is 5.29. The topological polar surface area (TPSA) is 12.0 Å². The number of anilines is 2. The SMILES string of the molecule is CC(C)(C)c1ccc(Nc2ccc3c(c2)Sc2ccccc2S3)c(-c2ccccc2)c1. The fourth-order valence-electron chi connectivity index (χ4n) is 3.74. The summed E-state index contributed by atoms with van der Waals surface area (Å²) in [6, 6.07) is 32.8. The number of fused-ring (bicyclic) bond motifs is 2. The number of hydrogen-bond donors (Lipinski definition) is 1. The second kappa shape index (κ2) is 8.14. The second-order valence-corrected chi connectivity index (χ2v) is 11.0. The minimum absolute atomic E-state index is 0.106. The first-order chi connectivity index (χ1) is 15.0. The van der Waals surface area contributed by atoms with Crippen LogP contribution < -0.4 is 5.32 Å². The van der Waals surface area contributed by atoms with E-state index in [2.05, 4.69) is 117 Å². The Balaban J connectivity index is 1.51. The van der Waals surface area contributed by atoms with Crippen molar-refractivity contribution in [3.63, 3.8) is 0 Å². The highest BCUT2D eigenvalue weighted by molar-refractivity contribution is 8.05. The van der Waals surface area contributed by atoms with Gasteiger partial charge in [-0.05, 0) is 59.0 Å². The molecule has 0 bridgehead atoms. The lowest BCUT2D eigenvalue weighted by Gasteiger charge is -2.23. The Morgan fingerprint density at radius 3 is 1.97 bits per heavy atom. The first-order valence-electron chi connectivity index (χ1n) is 10.5. The molecule has 31 heavy (non-hydrogen) atoms. The Morgan fingerprint density at radius 1 is 0.613 bits per heavy atom. The molecule has 1 N–H and O–H groups in total. The maximum Gasteiger partial charge on any atom is 0.0464 e. The zero-order valence-corrected chi connectivity index (χ0v) is 19.6. The van der Waals surface area contributed by atoms with E-state index in [-0.39, 0.29) is 5.41 Å². The first-order valence-corrected chi connectivity index (χ1v) is 12.2. The molecule has 1 heterocycles. The van der Waals surface area contributed by atoms with Gasteiger partial charge in [-0.15, -0.1) is 0 Å². The maximum atomic E-state index is 3.70. The number of hydrogen-bond acceptors (Lipinski definition) is 3. The molecule has 0 radical (unpaired) electrons. The minimum Gasteiger partial charge on any atom is -0.355 e. The van der Waals surface area contributed by atoms with Gasteiger partial charge in [0.05, 0.1) is 0 Å². The average molecular weight is 440 g/mol. The predicted molar refractivity (Wildman–Crippen MR) is 135 cm³/mol.